The average Bonchev–Trinajstić information content (AvgIpc) is 3.40. The summed E-state index contributed by atoms with van der Waals surface area (Å²) in [6.07, 6.45) is 1.31. The molecule has 2 N–H and O–H groups in total. The Hall–Kier alpha value is -5.76. The molecule has 186 valence electrons. The minimum atomic E-state index is -0.656. The molecule has 0 spiro atoms. The number of nitriles is 1. The summed E-state index contributed by atoms with van der Waals surface area (Å²) in [4.78, 5) is 50.7. The molecule has 5 rings (SSSR count). The van der Waals surface area contributed by atoms with Crippen LogP contribution in [-0.2, 0) is 11.3 Å². The van der Waals surface area contributed by atoms with Crippen molar-refractivity contribution in [3.63, 3.8) is 0 Å². The molecule has 0 unspecified atom stereocenters. The van der Waals surface area contributed by atoms with Crippen LogP contribution < -0.4 is 10.9 Å². The van der Waals surface area contributed by atoms with Crippen LogP contribution in [0.4, 0.5) is 10.5 Å². The molecule has 1 aromatic heterocycles. The first kappa shape index (κ1) is 24.0. The number of carbonyl (C=O) groups excluding carboxylic acids is 2. The molecule has 1 aliphatic rings. The zero-order valence-corrected chi connectivity index (χ0v) is 19.6. The van der Waals surface area contributed by atoms with E-state index < -0.39 is 22.4 Å². The Bertz CT molecular complexity index is 1710. The number of imide groups is 1. The molecule has 0 atom stereocenters. The number of amides is 3. The molecule has 1 saturated heterocycles. The maximum absolute atomic E-state index is 13.5. The molecule has 3 aromatic carbocycles. The first-order chi connectivity index (χ1) is 18.4. The van der Waals surface area contributed by atoms with E-state index >= 15 is 0 Å². The number of nitrogens with zero attached hydrogens (tertiary/aromatic N) is 4. The van der Waals surface area contributed by atoms with E-state index in [1.807, 2.05) is 12.1 Å². The number of aromatic nitrogens is 2. The van der Waals surface area contributed by atoms with Gasteiger partial charge < -0.3 is 5.32 Å². The zero-order chi connectivity index (χ0) is 26.8. The Morgan fingerprint density at radius 1 is 0.974 bits per heavy atom. The van der Waals surface area contributed by atoms with Gasteiger partial charge in [0.2, 0.25) is 0 Å². The molecular weight excluding hydrogens is 488 g/mol. The van der Waals surface area contributed by atoms with E-state index in [-0.39, 0.29) is 23.5 Å². The second-order valence-electron chi connectivity index (χ2n) is 8.37. The van der Waals surface area contributed by atoms with Crippen molar-refractivity contribution in [2.75, 3.05) is 0 Å². The topological polar surface area (TPSA) is 154 Å². The van der Waals surface area contributed by atoms with E-state index in [4.69, 9.17) is 5.26 Å². The molecule has 38 heavy (non-hydrogen) atoms. The number of non-ortho nitro benzene ring substituents is 1. The third-order valence-electron chi connectivity index (χ3n) is 5.96. The second kappa shape index (κ2) is 9.71. The molecule has 3 amide bonds. The van der Waals surface area contributed by atoms with Gasteiger partial charge in [0.15, 0.2) is 0 Å². The molecule has 2 heterocycles. The lowest BCUT2D eigenvalue weighted by atomic mass is 10.1. The van der Waals surface area contributed by atoms with Gasteiger partial charge in [0.1, 0.15) is 5.70 Å². The smallest absolute Gasteiger partial charge is 0.303 e. The molecule has 11 heteroatoms. The van der Waals surface area contributed by atoms with Crippen molar-refractivity contribution >= 4 is 23.7 Å². The molecule has 1 aliphatic heterocycles. The second-order valence-corrected chi connectivity index (χ2v) is 8.37. The van der Waals surface area contributed by atoms with Crippen LogP contribution >= 0.6 is 0 Å². The number of hydrogen-bond donors (Lipinski definition) is 2. The monoisotopic (exact) mass is 506 g/mol. The summed E-state index contributed by atoms with van der Waals surface area (Å²) in [5, 5.41) is 25.7. The molecule has 1 fully saturated rings. The Labute approximate surface area is 215 Å². The number of nitro groups is 1. The van der Waals surface area contributed by atoms with Crippen LogP contribution in [0.1, 0.15) is 16.7 Å². The Kier molecular flexibility index (Phi) is 6.12. The lowest BCUT2D eigenvalue weighted by molar-refractivity contribution is -0.384. The summed E-state index contributed by atoms with van der Waals surface area (Å²) in [5.74, 6) is -0.626. The fourth-order valence-electron chi connectivity index (χ4n) is 4.10. The third-order valence-corrected chi connectivity index (χ3v) is 5.96. The third kappa shape index (κ3) is 4.45. The van der Waals surface area contributed by atoms with Crippen LogP contribution in [0.5, 0.6) is 0 Å². The lowest BCUT2D eigenvalue weighted by Crippen LogP contribution is -2.30. The van der Waals surface area contributed by atoms with E-state index in [0.29, 0.717) is 28.1 Å². The van der Waals surface area contributed by atoms with E-state index in [2.05, 4.69) is 10.4 Å². The Morgan fingerprint density at radius 2 is 1.71 bits per heavy atom. The van der Waals surface area contributed by atoms with Gasteiger partial charge >= 0.3 is 6.03 Å². The summed E-state index contributed by atoms with van der Waals surface area (Å²) in [7, 11) is 0. The molecule has 0 radical (unpaired) electrons. The van der Waals surface area contributed by atoms with Gasteiger partial charge in [0.25, 0.3) is 17.2 Å². The predicted molar refractivity (Wildman–Crippen MR) is 137 cm³/mol. The number of H-pyrrole nitrogens is 1. The van der Waals surface area contributed by atoms with Gasteiger partial charge in [-0.2, -0.15) is 5.26 Å². The van der Waals surface area contributed by atoms with Gasteiger partial charge in [0, 0.05) is 17.7 Å². The highest BCUT2D eigenvalue weighted by Gasteiger charge is 2.34. The van der Waals surface area contributed by atoms with Crippen molar-refractivity contribution < 1.29 is 14.5 Å². The number of nitro benzene ring substituents is 1. The number of nitrogens with one attached hydrogen (secondary N) is 2. The molecular formula is C27H18N6O5. The van der Waals surface area contributed by atoms with Crippen molar-refractivity contribution in [1.82, 2.24) is 20.0 Å². The van der Waals surface area contributed by atoms with E-state index in [0.717, 1.165) is 4.90 Å². The predicted octanol–water partition coefficient (Wildman–Crippen LogP) is 3.71. The summed E-state index contributed by atoms with van der Waals surface area (Å²) in [5.41, 5.74) is 1.78. The van der Waals surface area contributed by atoms with Crippen LogP contribution in [0.3, 0.4) is 0 Å². The van der Waals surface area contributed by atoms with Crippen molar-refractivity contribution in [2.45, 2.75) is 6.54 Å². The molecule has 0 saturated carbocycles. The largest absolute Gasteiger partial charge is 0.329 e. The first-order valence-electron chi connectivity index (χ1n) is 11.3. The number of urea groups is 1. The van der Waals surface area contributed by atoms with Gasteiger partial charge in [-0.05, 0) is 35.9 Å². The van der Waals surface area contributed by atoms with Gasteiger partial charge in [0.05, 0.1) is 40.0 Å². The molecule has 11 nitrogen and oxygen atoms in total. The number of rotatable bonds is 6. The van der Waals surface area contributed by atoms with Crippen LogP contribution in [0, 0.1) is 21.4 Å². The zero-order valence-electron chi connectivity index (χ0n) is 19.6. The maximum atomic E-state index is 13.5. The van der Waals surface area contributed by atoms with Gasteiger partial charge in [-0.25, -0.2) is 9.48 Å². The summed E-state index contributed by atoms with van der Waals surface area (Å²) < 4.78 is 1.21. The fourth-order valence-corrected chi connectivity index (χ4v) is 4.10. The van der Waals surface area contributed by atoms with Gasteiger partial charge in [-0.3, -0.25) is 29.7 Å². The Morgan fingerprint density at radius 3 is 2.39 bits per heavy atom. The van der Waals surface area contributed by atoms with Crippen LogP contribution in [-0.4, -0.2) is 31.5 Å². The molecule has 4 aromatic rings. The maximum Gasteiger partial charge on any atom is 0.329 e. The minimum Gasteiger partial charge on any atom is -0.303 e. The number of aromatic amines is 1. The lowest BCUT2D eigenvalue weighted by Gasteiger charge is -2.11. The minimum absolute atomic E-state index is 0.0523. The van der Waals surface area contributed by atoms with Gasteiger partial charge in [-0.1, -0.05) is 42.5 Å². The summed E-state index contributed by atoms with van der Waals surface area (Å²) in [6, 6.07) is 22.3. The highest BCUT2D eigenvalue weighted by atomic mass is 16.6. The highest BCUT2D eigenvalue weighted by molar-refractivity contribution is 6.14. The van der Waals surface area contributed by atoms with Crippen molar-refractivity contribution in [1.29, 1.82) is 5.26 Å². The summed E-state index contributed by atoms with van der Waals surface area (Å²) >= 11 is 0. The average molecular weight is 506 g/mol. The molecule has 0 aliphatic carbocycles. The fraction of sp³-hybridized carbons (Fsp3) is 0.0370. The van der Waals surface area contributed by atoms with E-state index in [1.54, 1.807) is 48.5 Å². The Balaban J connectivity index is 1.55. The van der Waals surface area contributed by atoms with E-state index in [1.165, 1.54) is 35.0 Å². The summed E-state index contributed by atoms with van der Waals surface area (Å²) in [6.45, 7) is -0.0523. The SMILES string of the molecule is N#Cc1cccc(CN2C(=O)NC(=Cc3c(-c4ccccc4)[nH]n(-c4ccc([N+](=O)[O-])cc4)c3=O)C2=O)c1. The first-order valence-corrected chi connectivity index (χ1v) is 11.3. The van der Waals surface area contributed by atoms with E-state index in [9.17, 15) is 24.5 Å². The van der Waals surface area contributed by atoms with Crippen LogP contribution in [0.2, 0.25) is 0 Å². The van der Waals surface area contributed by atoms with Crippen molar-refractivity contribution in [3.8, 4) is 23.0 Å². The highest BCUT2D eigenvalue weighted by Crippen LogP contribution is 2.25. The number of hydrogen-bond acceptors (Lipinski definition) is 6. The molecule has 0 bridgehead atoms. The number of benzene rings is 3. The van der Waals surface area contributed by atoms with Gasteiger partial charge in [-0.15, -0.1) is 0 Å². The van der Waals surface area contributed by atoms with Crippen molar-refractivity contribution in [3.05, 3.63) is 122 Å². The van der Waals surface area contributed by atoms with Crippen LogP contribution in [0.25, 0.3) is 23.0 Å². The van der Waals surface area contributed by atoms with Crippen LogP contribution in [0.15, 0.2) is 89.4 Å². The number of carbonyl (C=O) groups is 2. The van der Waals surface area contributed by atoms with Crippen molar-refractivity contribution in [2.24, 2.45) is 0 Å². The normalized spacial score (nSPS) is 14.0. The quantitative estimate of drug-likeness (QED) is 0.176. The standard InChI is InChI=1S/C27H18N6O5/c28-15-17-5-4-6-18(13-17)16-31-26(35)23(29-27(31)36)14-22-24(19-7-2-1-3-8-19)30-32(25(22)34)20-9-11-21(12-10-20)33(37)38/h1-14,30H,16H2,(H,29,36).